The molecule has 6 nitrogen and oxygen atoms in total. The van der Waals surface area contributed by atoms with Crippen molar-refractivity contribution in [2.24, 2.45) is 0 Å². The van der Waals surface area contributed by atoms with Crippen LogP contribution in [0.4, 0.5) is 0 Å². The molecular weight excluding hydrogens is 316 g/mol. The third kappa shape index (κ3) is 3.17. The molecule has 23 heavy (non-hydrogen) atoms. The number of rotatable bonds is 6. The smallest absolute Gasteiger partial charge is 0.333 e. The Kier molecular flexibility index (Phi) is 5.29. The molecule has 120 valence electrons. The summed E-state index contributed by atoms with van der Waals surface area (Å²) in [5, 5.41) is 10.4. The van der Waals surface area contributed by atoms with Crippen LogP contribution in [-0.2, 0) is 24.5 Å². The molecule has 1 aromatic carbocycles. The van der Waals surface area contributed by atoms with Crippen LogP contribution in [0.1, 0.15) is 26.0 Å². The van der Waals surface area contributed by atoms with Gasteiger partial charge in [-0.05, 0) is 31.4 Å². The number of hydrogen-bond donors (Lipinski definition) is 0. The molecule has 1 aromatic heterocycles. The summed E-state index contributed by atoms with van der Waals surface area (Å²) in [4.78, 5) is 24.4. The molecule has 0 N–H and O–H groups in total. The van der Waals surface area contributed by atoms with Gasteiger partial charge in [0.05, 0.1) is 36.1 Å². The summed E-state index contributed by atoms with van der Waals surface area (Å²) in [6, 6.07) is 9.19. The summed E-state index contributed by atoms with van der Waals surface area (Å²) in [5.41, 5.74) is -1.56. The Balaban J connectivity index is 2.58. The van der Waals surface area contributed by atoms with Crippen LogP contribution in [-0.4, -0.2) is 29.5 Å². The molecule has 1 heterocycles. The van der Waals surface area contributed by atoms with Gasteiger partial charge in [-0.25, -0.2) is 4.79 Å². The quantitative estimate of drug-likeness (QED) is 0.755. The van der Waals surface area contributed by atoms with Crippen molar-refractivity contribution in [3.8, 4) is 6.07 Å². The summed E-state index contributed by atoms with van der Waals surface area (Å²) in [6.45, 7) is 3.58. The van der Waals surface area contributed by atoms with Crippen molar-refractivity contribution in [2.75, 3.05) is 13.2 Å². The first-order valence-corrected chi connectivity index (χ1v) is 7.95. The zero-order chi connectivity index (χ0) is 16.9. The van der Waals surface area contributed by atoms with Crippen LogP contribution in [0.5, 0.6) is 0 Å². The molecule has 2 rings (SSSR count). The predicted octanol–water partition coefficient (Wildman–Crippen LogP) is 2.57. The van der Waals surface area contributed by atoms with E-state index in [1.54, 1.807) is 26.0 Å². The lowest BCUT2D eigenvalue weighted by Gasteiger charge is -2.22. The van der Waals surface area contributed by atoms with Crippen LogP contribution < -0.4 is 0 Å². The average molecular weight is 332 g/mol. The van der Waals surface area contributed by atoms with Crippen molar-refractivity contribution in [1.29, 1.82) is 5.26 Å². The van der Waals surface area contributed by atoms with Crippen LogP contribution in [0.2, 0.25) is 0 Å². The molecular formula is C16H16N2O4S. The Morgan fingerprint density at radius 2 is 1.96 bits per heavy atom. The molecule has 2 aromatic rings. The fourth-order valence-electron chi connectivity index (χ4n) is 2.27. The van der Waals surface area contributed by atoms with Gasteiger partial charge in [0.2, 0.25) is 5.41 Å². The first-order chi connectivity index (χ1) is 11.1. The van der Waals surface area contributed by atoms with Crippen molar-refractivity contribution in [3.63, 3.8) is 0 Å². The van der Waals surface area contributed by atoms with Gasteiger partial charge < -0.3 is 9.47 Å². The van der Waals surface area contributed by atoms with Crippen LogP contribution in [0, 0.1) is 11.3 Å². The second-order valence-electron chi connectivity index (χ2n) is 4.75. The lowest BCUT2D eigenvalue weighted by atomic mass is 9.81. The van der Waals surface area contributed by atoms with Crippen molar-refractivity contribution >= 4 is 33.6 Å². The number of nitrogens with zero attached hydrogens (tertiary/aromatic N) is 2. The van der Waals surface area contributed by atoms with Crippen LogP contribution in [0.3, 0.4) is 0 Å². The van der Waals surface area contributed by atoms with Crippen LogP contribution in [0.15, 0.2) is 24.3 Å². The minimum atomic E-state index is -1.80. The molecule has 1 atom stereocenters. The number of nitriles is 1. The third-order valence-corrected chi connectivity index (χ3v) is 4.14. The number of ether oxygens (including phenoxy) is 2. The van der Waals surface area contributed by atoms with E-state index in [4.69, 9.17) is 9.47 Å². The van der Waals surface area contributed by atoms with E-state index in [1.807, 2.05) is 18.2 Å². The number of hydrogen-bond acceptors (Lipinski definition) is 7. The molecule has 0 aliphatic carbocycles. The number of esters is 2. The van der Waals surface area contributed by atoms with Crippen molar-refractivity contribution < 1.29 is 19.1 Å². The standard InChI is InChI=1S/C16H16N2O4S/c1-3-21-13(19)9-16(10-17,15(20)22-4-2)14-11-7-5-6-8-12(11)23-18-14/h5-8H,3-4,9H2,1-2H3. The predicted molar refractivity (Wildman–Crippen MR) is 84.8 cm³/mol. The second kappa shape index (κ2) is 7.20. The Morgan fingerprint density at radius 1 is 1.26 bits per heavy atom. The largest absolute Gasteiger partial charge is 0.466 e. The first kappa shape index (κ1) is 16.9. The fourth-order valence-corrected chi connectivity index (χ4v) is 3.11. The maximum atomic E-state index is 12.5. The van der Waals surface area contributed by atoms with Gasteiger partial charge in [0.1, 0.15) is 0 Å². The zero-order valence-corrected chi connectivity index (χ0v) is 13.7. The molecule has 7 heteroatoms. The normalized spacial score (nSPS) is 13.1. The maximum Gasteiger partial charge on any atom is 0.333 e. The summed E-state index contributed by atoms with van der Waals surface area (Å²) >= 11 is 1.17. The molecule has 0 fully saturated rings. The van der Waals surface area contributed by atoms with Gasteiger partial charge in [0, 0.05) is 5.39 Å². The van der Waals surface area contributed by atoms with Crippen molar-refractivity contribution in [2.45, 2.75) is 25.7 Å². The van der Waals surface area contributed by atoms with Gasteiger partial charge in [-0.3, -0.25) is 4.79 Å². The highest BCUT2D eigenvalue weighted by atomic mass is 32.1. The zero-order valence-electron chi connectivity index (χ0n) is 12.9. The third-order valence-electron chi connectivity index (χ3n) is 3.31. The summed E-state index contributed by atoms with van der Waals surface area (Å²) in [5.74, 6) is -1.43. The minimum absolute atomic E-state index is 0.104. The average Bonchev–Trinajstić information content (AvgIpc) is 2.97. The Bertz CT molecular complexity index is 765. The Morgan fingerprint density at radius 3 is 2.61 bits per heavy atom. The van der Waals surface area contributed by atoms with Crippen LogP contribution >= 0.6 is 11.5 Å². The lowest BCUT2D eigenvalue weighted by Crippen LogP contribution is -2.39. The fraction of sp³-hybridized carbons (Fsp3) is 0.375. The summed E-state index contributed by atoms with van der Waals surface area (Å²) < 4.78 is 15.1. The molecule has 0 saturated heterocycles. The van der Waals surface area contributed by atoms with E-state index in [0.717, 1.165) is 4.70 Å². The number of carbonyl (C=O) groups excluding carboxylic acids is 2. The van der Waals surface area contributed by atoms with E-state index in [1.165, 1.54) is 11.5 Å². The summed E-state index contributed by atoms with van der Waals surface area (Å²) in [6.07, 6.45) is -0.427. The van der Waals surface area contributed by atoms with Crippen molar-refractivity contribution in [1.82, 2.24) is 4.37 Å². The van der Waals surface area contributed by atoms with E-state index < -0.39 is 23.8 Å². The number of carbonyl (C=O) groups is 2. The highest BCUT2D eigenvalue weighted by molar-refractivity contribution is 7.13. The van der Waals surface area contributed by atoms with Gasteiger partial charge in [0.25, 0.3) is 0 Å². The maximum absolute atomic E-state index is 12.5. The molecule has 0 saturated carbocycles. The Hall–Kier alpha value is -2.46. The minimum Gasteiger partial charge on any atom is -0.466 e. The Labute approximate surface area is 137 Å². The number of benzene rings is 1. The topological polar surface area (TPSA) is 89.3 Å². The van der Waals surface area contributed by atoms with Crippen molar-refractivity contribution in [3.05, 3.63) is 30.0 Å². The highest BCUT2D eigenvalue weighted by Crippen LogP contribution is 2.36. The monoisotopic (exact) mass is 332 g/mol. The molecule has 0 spiro atoms. The number of fused-ring (bicyclic) bond motifs is 1. The molecule has 0 bridgehead atoms. The van der Waals surface area contributed by atoms with E-state index >= 15 is 0 Å². The molecule has 0 aliphatic heterocycles. The molecule has 0 aliphatic rings. The molecule has 1 unspecified atom stereocenters. The first-order valence-electron chi connectivity index (χ1n) is 7.18. The highest BCUT2D eigenvalue weighted by Gasteiger charge is 2.48. The lowest BCUT2D eigenvalue weighted by molar-refractivity contribution is -0.154. The number of aromatic nitrogens is 1. The van der Waals surface area contributed by atoms with E-state index in [-0.39, 0.29) is 18.9 Å². The van der Waals surface area contributed by atoms with Crippen LogP contribution in [0.25, 0.3) is 10.1 Å². The van der Waals surface area contributed by atoms with E-state index in [0.29, 0.717) is 5.39 Å². The summed E-state index contributed by atoms with van der Waals surface area (Å²) in [7, 11) is 0. The molecule has 0 amide bonds. The van der Waals surface area contributed by atoms with E-state index in [9.17, 15) is 14.9 Å². The van der Waals surface area contributed by atoms with Gasteiger partial charge in [-0.1, -0.05) is 18.2 Å². The molecule has 0 radical (unpaired) electrons. The van der Waals surface area contributed by atoms with E-state index in [2.05, 4.69) is 4.37 Å². The second-order valence-corrected chi connectivity index (χ2v) is 5.55. The van der Waals surface area contributed by atoms with Gasteiger partial charge in [0.15, 0.2) is 0 Å². The van der Waals surface area contributed by atoms with Gasteiger partial charge >= 0.3 is 11.9 Å². The van der Waals surface area contributed by atoms with Gasteiger partial charge in [-0.15, -0.1) is 0 Å². The van der Waals surface area contributed by atoms with Gasteiger partial charge in [-0.2, -0.15) is 9.64 Å². The SMILES string of the molecule is CCOC(=O)CC(C#N)(C(=O)OCC)c1nsc2ccccc12.